The molecule has 0 aliphatic rings. The first-order valence-electron chi connectivity index (χ1n) is 4.53. The largest absolute Gasteiger partial charge is 0.278 e. The second-order valence-electron chi connectivity index (χ2n) is 3.21. The molecule has 0 bridgehead atoms. The van der Waals surface area contributed by atoms with Crippen molar-refractivity contribution in [3.8, 4) is 0 Å². The number of sulfonamides is 1. The van der Waals surface area contributed by atoms with Crippen LogP contribution in [0.3, 0.4) is 0 Å². The third-order valence-corrected chi connectivity index (χ3v) is 3.24. The van der Waals surface area contributed by atoms with Crippen LogP contribution < -0.4 is 4.72 Å². The van der Waals surface area contributed by atoms with Gasteiger partial charge >= 0.3 is 0 Å². The van der Waals surface area contributed by atoms with Gasteiger partial charge in [-0.2, -0.15) is 13.5 Å². The Morgan fingerprint density at radius 1 is 1.31 bits per heavy atom. The number of aromatic nitrogens is 3. The van der Waals surface area contributed by atoms with Gasteiger partial charge in [-0.25, -0.2) is 0 Å². The second-order valence-corrected chi connectivity index (χ2v) is 4.87. The summed E-state index contributed by atoms with van der Waals surface area (Å²) in [5.41, 5.74) is 1.24. The van der Waals surface area contributed by atoms with E-state index in [0.29, 0.717) is 5.69 Å². The van der Waals surface area contributed by atoms with Crippen molar-refractivity contribution in [2.45, 2.75) is 11.9 Å². The summed E-state index contributed by atoms with van der Waals surface area (Å²) in [6, 6.07) is 4.75. The van der Waals surface area contributed by atoms with E-state index in [0.717, 1.165) is 5.69 Å². The maximum atomic E-state index is 11.7. The summed E-state index contributed by atoms with van der Waals surface area (Å²) in [6.45, 7) is 1.83. The van der Waals surface area contributed by atoms with Crippen LogP contribution in [0.15, 0.2) is 35.6 Å². The molecule has 0 amide bonds. The first-order valence-corrected chi connectivity index (χ1v) is 6.01. The monoisotopic (exact) mass is 238 g/mol. The van der Waals surface area contributed by atoms with E-state index in [1.807, 2.05) is 6.92 Å². The maximum absolute atomic E-state index is 11.7. The highest BCUT2D eigenvalue weighted by molar-refractivity contribution is 7.92. The molecule has 0 aromatic carbocycles. The molecule has 2 aromatic heterocycles. The van der Waals surface area contributed by atoms with E-state index in [2.05, 4.69) is 19.9 Å². The van der Waals surface area contributed by atoms with Gasteiger partial charge in [0.25, 0.3) is 10.0 Å². The molecule has 2 N–H and O–H groups in total. The van der Waals surface area contributed by atoms with Gasteiger partial charge in [-0.1, -0.05) is 0 Å². The van der Waals surface area contributed by atoms with E-state index in [4.69, 9.17) is 0 Å². The molecule has 2 aromatic rings. The summed E-state index contributed by atoms with van der Waals surface area (Å²) in [5, 5.41) is 5.99. The van der Waals surface area contributed by atoms with Crippen LogP contribution >= 0.6 is 0 Å². The van der Waals surface area contributed by atoms with Crippen LogP contribution in [0, 0.1) is 6.92 Å². The summed E-state index contributed by atoms with van der Waals surface area (Å²) in [6.07, 6.45) is 2.84. The molecule has 0 aliphatic carbocycles. The number of H-pyrrole nitrogens is 1. The van der Waals surface area contributed by atoms with Crippen LogP contribution in [-0.2, 0) is 10.0 Å². The highest BCUT2D eigenvalue weighted by Gasteiger charge is 2.15. The van der Waals surface area contributed by atoms with Gasteiger partial charge in [0.1, 0.15) is 0 Å². The Hall–Kier alpha value is -1.89. The van der Waals surface area contributed by atoms with E-state index < -0.39 is 10.0 Å². The Morgan fingerprint density at radius 3 is 2.69 bits per heavy atom. The average molecular weight is 238 g/mol. The van der Waals surface area contributed by atoms with E-state index >= 15 is 0 Å². The van der Waals surface area contributed by atoms with Crippen molar-refractivity contribution < 1.29 is 8.42 Å². The number of pyridine rings is 1. The van der Waals surface area contributed by atoms with Gasteiger partial charge in [0.05, 0.1) is 18.1 Å². The van der Waals surface area contributed by atoms with Crippen LogP contribution in [0.4, 0.5) is 5.69 Å². The number of nitrogens with zero attached hydrogens (tertiary/aromatic N) is 2. The standard InChI is InChI=1S/C9H10N4O2S/c1-7-2-3-8(6-10-7)13-16(14,15)9-4-5-11-12-9/h2-6,13H,1H3,(H,11,12). The Labute approximate surface area is 92.8 Å². The molecule has 84 valence electrons. The maximum Gasteiger partial charge on any atom is 0.278 e. The summed E-state index contributed by atoms with van der Waals surface area (Å²) in [4.78, 5) is 3.99. The summed E-state index contributed by atoms with van der Waals surface area (Å²) in [5.74, 6) is 0. The lowest BCUT2D eigenvalue weighted by atomic mass is 10.4. The molecular formula is C9H10N4O2S. The summed E-state index contributed by atoms with van der Waals surface area (Å²) in [7, 11) is -3.59. The zero-order valence-electron chi connectivity index (χ0n) is 8.51. The van der Waals surface area contributed by atoms with E-state index in [1.54, 1.807) is 12.1 Å². The van der Waals surface area contributed by atoms with Crippen molar-refractivity contribution in [2.24, 2.45) is 0 Å². The predicted molar refractivity (Wildman–Crippen MR) is 58.4 cm³/mol. The van der Waals surface area contributed by atoms with E-state index in [-0.39, 0.29) is 5.03 Å². The topological polar surface area (TPSA) is 87.7 Å². The third kappa shape index (κ3) is 2.19. The number of aryl methyl sites for hydroxylation is 1. The Balaban J connectivity index is 2.25. The average Bonchev–Trinajstić information content (AvgIpc) is 2.75. The van der Waals surface area contributed by atoms with Crippen LogP contribution in [0.2, 0.25) is 0 Å². The van der Waals surface area contributed by atoms with Crippen molar-refractivity contribution in [2.75, 3.05) is 4.72 Å². The van der Waals surface area contributed by atoms with Gasteiger partial charge in [0, 0.05) is 5.69 Å². The molecular weight excluding hydrogens is 228 g/mol. The summed E-state index contributed by atoms with van der Waals surface area (Å²) >= 11 is 0. The minimum absolute atomic E-state index is 0.0214. The van der Waals surface area contributed by atoms with Gasteiger partial charge in [-0.3, -0.25) is 14.8 Å². The number of hydrogen-bond acceptors (Lipinski definition) is 4. The zero-order valence-corrected chi connectivity index (χ0v) is 9.32. The number of anilines is 1. The number of hydrogen-bond donors (Lipinski definition) is 2. The molecule has 16 heavy (non-hydrogen) atoms. The molecule has 0 atom stereocenters. The van der Waals surface area contributed by atoms with Gasteiger partial charge in [-0.05, 0) is 25.1 Å². The minimum Gasteiger partial charge on any atom is -0.277 e. The van der Waals surface area contributed by atoms with Crippen molar-refractivity contribution in [3.05, 3.63) is 36.3 Å². The predicted octanol–water partition coefficient (Wildman–Crippen LogP) is 0.914. The molecule has 0 spiro atoms. The molecule has 0 fully saturated rings. The molecule has 0 saturated heterocycles. The van der Waals surface area contributed by atoms with E-state index in [1.165, 1.54) is 18.5 Å². The Morgan fingerprint density at radius 2 is 2.12 bits per heavy atom. The molecule has 2 heterocycles. The van der Waals surface area contributed by atoms with E-state index in [9.17, 15) is 8.42 Å². The molecule has 0 saturated carbocycles. The lowest BCUT2D eigenvalue weighted by molar-refractivity contribution is 0.597. The van der Waals surface area contributed by atoms with Crippen LogP contribution in [-0.4, -0.2) is 23.6 Å². The van der Waals surface area contributed by atoms with Crippen LogP contribution in [0.5, 0.6) is 0 Å². The van der Waals surface area contributed by atoms with Gasteiger partial charge in [-0.15, -0.1) is 0 Å². The SMILES string of the molecule is Cc1ccc(NS(=O)(=O)c2ccn[nH]2)cn1. The molecule has 0 radical (unpaired) electrons. The van der Waals surface area contributed by atoms with Crippen LogP contribution in [0.1, 0.15) is 5.69 Å². The molecule has 6 nitrogen and oxygen atoms in total. The highest BCUT2D eigenvalue weighted by Crippen LogP contribution is 2.12. The molecule has 0 unspecified atom stereocenters. The number of nitrogens with one attached hydrogen (secondary N) is 2. The fourth-order valence-electron chi connectivity index (χ4n) is 1.13. The fourth-order valence-corrected chi connectivity index (χ4v) is 2.08. The lowest BCUT2D eigenvalue weighted by Gasteiger charge is -2.05. The quantitative estimate of drug-likeness (QED) is 0.832. The molecule has 7 heteroatoms. The van der Waals surface area contributed by atoms with Gasteiger partial charge in [0.15, 0.2) is 5.03 Å². The highest BCUT2D eigenvalue weighted by atomic mass is 32.2. The fraction of sp³-hybridized carbons (Fsp3) is 0.111. The van der Waals surface area contributed by atoms with Crippen LogP contribution in [0.25, 0.3) is 0 Å². The minimum atomic E-state index is -3.59. The first-order chi connectivity index (χ1) is 7.58. The lowest BCUT2D eigenvalue weighted by Crippen LogP contribution is -2.13. The Bertz CT molecular complexity index is 560. The Kier molecular flexibility index (Phi) is 2.61. The number of rotatable bonds is 3. The van der Waals surface area contributed by atoms with Crippen molar-refractivity contribution >= 4 is 15.7 Å². The zero-order chi connectivity index (χ0) is 11.6. The molecule has 0 aliphatic heterocycles. The first kappa shape index (κ1) is 10.6. The second kappa shape index (κ2) is 3.93. The number of aromatic amines is 1. The van der Waals surface area contributed by atoms with Crippen molar-refractivity contribution in [3.63, 3.8) is 0 Å². The third-order valence-electron chi connectivity index (χ3n) is 1.93. The summed E-state index contributed by atoms with van der Waals surface area (Å²) < 4.78 is 25.9. The normalized spacial score (nSPS) is 11.3. The van der Waals surface area contributed by atoms with Crippen molar-refractivity contribution in [1.29, 1.82) is 0 Å². The van der Waals surface area contributed by atoms with Gasteiger partial charge in [0.2, 0.25) is 0 Å². The molecule has 2 rings (SSSR count). The smallest absolute Gasteiger partial charge is 0.277 e. The van der Waals surface area contributed by atoms with Gasteiger partial charge < -0.3 is 0 Å². The van der Waals surface area contributed by atoms with Crippen molar-refractivity contribution in [1.82, 2.24) is 15.2 Å².